The molecule has 0 saturated heterocycles. The second kappa shape index (κ2) is 17.2. The molecule has 0 unspecified atom stereocenters. The summed E-state index contributed by atoms with van der Waals surface area (Å²) in [5.41, 5.74) is 8.83. The summed E-state index contributed by atoms with van der Waals surface area (Å²) in [5.74, 6) is 0. The number of aryl methyl sites for hydroxylation is 2. The van der Waals surface area contributed by atoms with Gasteiger partial charge in [-0.3, -0.25) is 4.52 Å². The lowest BCUT2D eigenvalue weighted by atomic mass is 9.63. The van der Waals surface area contributed by atoms with E-state index in [0.29, 0.717) is 0 Å². The monoisotopic (exact) mass is 638 g/mol. The van der Waals surface area contributed by atoms with Gasteiger partial charge in [0.15, 0.2) is 0 Å². The van der Waals surface area contributed by atoms with E-state index in [1.54, 1.807) is 0 Å². The number of benzene rings is 2. The molecule has 0 fully saturated rings. The molecule has 0 aromatic heterocycles. The van der Waals surface area contributed by atoms with Crippen LogP contribution in [0.15, 0.2) is 24.3 Å². The van der Waals surface area contributed by atoms with Gasteiger partial charge in [0.1, 0.15) is 5.60 Å². The molecule has 0 aliphatic heterocycles. The zero-order chi connectivity index (χ0) is 33.3. The SMILES string of the molecule is CCCCCCCCCCCCCCCCCC1(OP(O)O)c2c(cc(C)cc2C(C)(C)C)Cc2cc(C)cc(C(C)(C)C)c21. The Kier molecular flexibility index (Phi) is 14.6. The van der Waals surface area contributed by atoms with Crippen molar-refractivity contribution in [1.82, 2.24) is 0 Å². The average molecular weight is 639 g/mol. The number of hydrogen-bond acceptors (Lipinski definition) is 3. The fraction of sp³-hybridized carbons (Fsp3) is 0.707. The zero-order valence-corrected chi connectivity index (χ0v) is 31.5. The minimum absolute atomic E-state index is 0.114. The molecule has 3 nitrogen and oxygen atoms in total. The third-order valence-corrected chi connectivity index (χ3v) is 10.4. The van der Waals surface area contributed by atoms with Crippen molar-refractivity contribution in [2.45, 2.75) is 188 Å². The maximum Gasteiger partial charge on any atom is 0.328 e. The first-order valence-corrected chi connectivity index (χ1v) is 19.5. The van der Waals surface area contributed by atoms with Crippen LogP contribution in [0.25, 0.3) is 0 Å². The smallest absolute Gasteiger partial charge is 0.328 e. The fourth-order valence-electron chi connectivity index (χ4n) is 7.74. The quantitative estimate of drug-likeness (QED) is 0.126. The van der Waals surface area contributed by atoms with E-state index in [0.717, 1.165) is 25.7 Å². The Morgan fingerprint density at radius 3 is 1.29 bits per heavy atom. The van der Waals surface area contributed by atoms with Gasteiger partial charge < -0.3 is 9.79 Å². The van der Waals surface area contributed by atoms with E-state index >= 15 is 0 Å². The van der Waals surface area contributed by atoms with Gasteiger partial charge in [-0.25, -0.2) is 0 Å². The highest BCUT2D eigenvalue weighted by molar-refractivity contribution is 7.39. The molecule has 0 radical (unpaired) electrons. The van der Waals surface area contributed by atoms with E-state index < -0.39 is 14.2 Å². The highest BCUT2D eigenvalue weighted by atomic mass is 31.2. The summed E-state index contributed by atoms with van der Waals surface area (Å²) in [6.07, 6.45) is 21.5. The Morgan fingerprint density at radius 1 is 0.600 bits per heavy atom. The third-order valence-electron chi connectivity index (χ3n) is 9.90. The molecule has 0 atom stereocenters. The molecule has 1 aliphatic carbocycles. The molecule has 0 heterocycles. The van der Waals surface area contributed by atoms with Crippen molar-refractivity contribution in [3.63, 3.8) is 0 Å². The standard InChI is InChI=1S/C41H67O3P/c1-10-11-12-13-14-15-16-17-18-19-20-21-22-23-24-25-41(44-45(42)43)37-33(26-31(2)28-35(37)39(4,5)6)30-34-27-32(3)29-36(38(34)41)40(7,8)9/h26-29,42-43H,10-25,30H2,1-9H3. The van der Waals surface area contributed by atoms with Crippen LogP contribution in [0.3, 0.4) is 0 Å². The van der Waals surface area contributed by atoms with E-state index in [9.17, 15) is 9.79 Å². The maximum absolute atomic E-state index is 10.6. The van der Waals surface area contributed by atoms with Gasteiger partial charge in [0, 0.05) is 0 Å². The van der Waals surface area contributed by atoms with Crippen LogP contribution in [0.1, 0.15) is 196 Å². The van der Waals surface area contributed by atoms with Crippen molar-refractivity contribution in [3.05, 3.63) is 68.8 Å². The van der Waals surface area contributed by atoms with E-state index in [1.165, 1.54) is 128 Å². The summed E-state index contributed by atoms with van der Waals surface area (Å²) in [7, 11) is -2.58. The first-order chi connectivity index (χ1) is 21.2. The van der Waals surface area contributed by atoms with Gasteiger partial charge in [-0.15, -0.1) is 0 Å². The summed E-state index contributed by atoms with van der Waals surface area (Å²) in [5, 5.41) is 0. The van der Waals surface area contributed by atoms with Crippen molar-refractivity contribution in [2.24, 2.45) is 0 Å². The van der Waals surface area contributed by atoms with Crippen LogP contribution >= 0.6 is 8.60 Å². The van der Waals surface area contributed by atoms with Crippen molar-refractivity contribution in [3.8, 4) is 0 Å². The minimum atomic E-state index is -2.58. The van der Waals surface area contributed by atoms with Crippen LogP contribution in [0.2, 0.25) is 0 Å². The van der Waals surface area contributed by atoms with E-state index in [-0.39, 0.29) is 10.8 Å². The molecule has 0 bridgehead atoms. The summed E-state index contributed by atoms with van der Waals surface area (Å²) < 4.78 is 6.58. The van der Waals surface area contributed by atoms with Gasteiger partial charge in [0.05, 0.1) is 0 Å². The minimum Gasteiger partial charge on any atom is -0.328 e. The molecule has 2 aromatic carbocycles. The van der Waals surface area contributed by atoms with Gasteiger partial charge >= 0.3 is 8.60 Å². The third kappa shape index (κ3) is 10.6. The van der Waals surface area contributed by atoms with Crippen molar-refractivity contribution in [2.75, 3.05) is 0 Å². The summed E-state index contributed by atoms with van der Waals surface area (Å²) in [4.78, 5) is 21.3. The van der Waals surface area contributed by atoms with Crippen molar-refractivity contribution >= 4 is 8.60 Å². The van der Waals surface area contributed by atoms with Gasteiger partial charge in [0.25, 0.3) is 0 Å². The molecule has 2 N–H and O–H groups in total. The molecule has 1 aliphatic rings. The Balaban J connectivity index is 1.79. The predicted octanol–water partition coefficient (Wildman–Crippen LogP) is 12.5. The average Bonchev–Trinajstić information content (AvgIpc) is 2.92. The Hall–Kier alpha value is -1.25. The zero-order valence-electron chi connectivity index (χ0n) is 30.6. The molecule has 0 spiro atoms. The Bertz CT molecular complexity index is 1130. The highest BCUT2D eigenvalue weighted by Crippen LogP contribution is 2.56. The Labute approximate surface area is 279 Å². The van der Waals surface area contributed by atoms with Gasteiger partial charge in [-0.05, 0) is 77.3 Å². The highest BCUT2D eigenvalue weighted by Gasteiger charge is 2.48. The lowest BCUT2D eigenvalue weighted by molar-refractivity contribution is 0.0718. The van der Waals surface area contributed by atoms with E-state index in [1.807, 2.05) is 0 Å². The maximum atomic E-state index is 10.6. The largest absolute Gasteiger partial charge is 0.328 e. The van der Waals surface area contributed by atoms with Crippen molar-refractivity contribution < 1.29 is 14.3 Å². The first kappa shape index (κ1) is 38.2. The summed E-state index contributed by atoms with van der Waals surface area (Å²) >= 11 is 0. The Morgan fingerprint density at radius 2 is 0.956 bits per heavy atom. The molecule has 254 valence electrons. The molecule has 0 saturated carbocycles. The van der Waals surface area contributed by atoms with Gasteiger partial charge in [-0.1, -0.05) is 174 Å². The van der Waals surface area contributed by atoms with E-state index in [2.05, 4.69) is 86.6 Å². The first-order valence-electron chi connectivity index (χ1n) is 18.4. The summed E-state index contributed by atoms with van der Waals surface area (Å²) in [6.45, 7) is 20.3. The lowest BCUT2D eigenvalue weighted by Crippen LogP contribution is -2.40. The normalized spacial score (nSPS) is 14.6. The van der Waals surface area contributed by atoms with E-state index in [4.69, 9.17) is 4.52 Å². The molecule has 4 heteroatoms. The lowest BCUT2D eigenvalue weighted by Gasteiger charge is -2.46. The van der Waals surface area contributed by atoms with Crippen LogP contribution in [0.4, 0.5) is 0 Å². The molecule has 45 heavy (non-hydrogen) atoms. The number of fused-ring (bicyclic) bond motifs is 2. The molecular formula is C41H67O3P. The number of rotatable bonds is 18. The second-order valence-electron chi connectivity index (χ2n) is 16.2. The molecule has 0 amide bonds. The van der Waals surface area contributed by atoms with Crippen molar-refractivity contribution in [1.29, 1.82) is 0 Å². The van der Waals surface area contributed by atoms with Crippen LogP contribution in [0.5, 0.6) is 0 Å². The van der Waals surface area contributed by atoms with Gasteiger partial charge in [0.2, 0.25) is 0 Å². The summed E-state index contributed by atoms with van der Waals surface area (Å²) in [6, 6.07) is 9.26. The molecule has 2 aromatic rings. The van der Waals surface area contributed by atoms with Gasteiger partial charge in [-0.2, -0.15) is 0 Å². The van der Waals surface area contributed by atoms with Crippen LogP contribution in [0, 0.1) is 13.8 Å². The second-order valence-corrected chi connectivity index (χ2v) is 16.9. The fourth-order valence-corrected chi connectivity index (χ4v) is 8.29. The van der Waals surface area contributed by atoms with Crippen LogP contribution in [-0.2, 0) is 27.4 Å². The number of hydrogen-bond donors (Lipinski definition) is 2. The topological polar surface area (TPSA) is 49.7 Å². The molecular weight excluding hydrogens is 571 g/mol. The number of unbranched alkanes of at least 4 members (excludes halogenated alkanes) is 14. The van der Waals surface area contributed by atoms with Crippen LogP contribution in [-0.4, -0.2) is 9.79 Å². The molecule has 3 rings (SSSR count). The van der Waals surface area contributed by atoms with Crippen LogP contribution < -0.4 is 0 Å². The predicted molar refractivity (Wildman–Crippen MR) is 195 cm³/mol.